The zero-order valence-electron chi connectivity index (χ0n) is 7.68. The summed E-state index contributed by atoms with van der Waals surface area (Å²) in [5.74, 6) is 2.51. The van der Waals surface area contributed by atoms with Gasteiger partial charge in [-0.25, -0.2) is 4.79 Å². The highest BCUT2D eigenvalue weighted by molar-refractivity contribution is 5.73. The van der Waals surface area contributed by atoms with Crippen LogP contribution in [0.15, 0.2) is 0 Å². The zero-order chi connectivity index (χ0) is 9.40. The highest BCUT2D eigenvalue weighted by atomic mass is 16.2. The Hall–Kier alpha value is -1.17. The zero-order valence-corrected chi connectivity index (χ0v) is 7.68. The Bertz CT molecular complexity index is 170. The normalized spacial score (nSPS) is 9.17. The van der Waals surface area contributed by atoms with Crippen molar-refractivity contribution in [2.24, 2.45) is 0 Å². The first-order chi connectivity index (χ1) is 5.66. The van der Waals surface area contributed by atoms with E-state index in [1.807, 2.05) is 13.8 Å². The Balaban J connectivity index is 3.27. The summed E-state index contributed by atoms with van der Waals surface area (Å²) in [6, 6.07) is 0.0552. The maximum atomic E-state index is 10.9. The van der Waals surface area contributed by atoms with E-state index in [1.54, 1.807) is 0 Å². The van der Waals surface area contributed by atoms with Gasteiger partial charge in [-0.2, -0.15) is 0 Å². The SMILES string of the molecule is C#CCCCNC(=O)NC(C)C. The van der Waals surface area contributed by atoms with E-state index in [-0.39, 0.29) is 12.1 Å². The monoisotopic (exact) mass is 168 g/mol. The van der Waals surface area contributed by atoms with Crippen molar-refractivity contribution in [3.8, 4) is 12.3 Å². The average molecular weight is 168 g/mol. The summed E-state index contributed by atoms with van der Waals surface area (Å²) in [6.07, 6.45) is 6.59. The van der Waals surface area contributed by atoms with Gasteiger partial charge in [-0.15, -0.1) is 12.3 Å². The first kappa shape index (κ1) is 10.8. The number of hydrogen-bond donors (Lipinski definition) is 2. The largest absolute Gasteiger partial charge is 0.338 e. The van der Waals surface area contributed by atoms with Crippen LogP contribution in [-0.4, -0.2) is 18.6 Å². The topological polar surface area (TPSA) is 41.1 Å². The Morgan fingerprint density at radius 3 is 2.75 bits per heavy atom. The number of terminal acetylenes is 1. The van der Waals surface area contributed by atoms with E-state index in [4.69, 9.17) is 6.42 Å². The molecule has 0 aromatic rings. The van der Waals surface area contributed by atoms with Crippen LogP contribution in [-0.2, 0) is 0 Å². The van der Waals surface area contributed by atoms with Crippen LogP contribution >= 0.6 is 0 Å². The van der Waals surface area contributed by atoms with Crippen LogP contribution in [0.3, 0.4) is 0 Å². The molecule has 2 N–H and O–H groups in total. The van der Waals surface area contributed by atoms with E-state index >= 15 is 0 Å². The lowest BCUT2D eigenvalue weighted by Gasteiger charge is -2.08. The molecule has 0 bridgehead atoms. The summed E-state index contributed by atoms with van der Waals surface area (Å²) >= 11 is 0. The molecule has 0 aromatic carbocycles. The molecule has 3 nitrogen and oxygen atoms in total. The van der Waals surface area contributed by atoms with Crippen LogP contribution in [0.2, 0.25) is 0 Å². The van der Waals surface area contributed by atoms with Gasteiger partial charge in [-0.05, 0) is 20.3 Å². The van der Waals surface area contributed by atoms with Gasteiger partial charge < -0.3 is 10.6 Å². The second-order valence-corrected chi connectivity index (χ2v) is 2.86. The van der Waals surface area contributed by atoms with Gasteiger partial charge in [0.15, 0.2) is 0 Å². The number of carbonyl (C=O) groups excluding carboxylic acids is 1. The Labute approximate surface area is 73.9 Å². The number of hydrogen-bond acceptors (Lipinski definition) is 1. The molecule has 0 aliphatic rings. The Morgan fingerprint density at radius 1 is 1.58 bits per heavy atom. The summed E-state index contributed by atoms with van der Waals surface area (Å²) in [7, 11) is 0. The lowest BCUT2D eigenvalue weighted by Crippen LogP contribution is -2.39. The van der Waals surface area contributed by atoms with Crippen LogP contribution in [0.25, 0.3) is 0 Å². The molecule has 0 fully saturated rings. The van der Waals surface area contributed by atoms with E-state index in [9.17, 15) is 4.79 Å². The molecule has 0 unspecified atom stereocenters. The van der Waals surface area contributed by atoms with Gasteiger partial charge in [0.1, 0.15) is 0 Å². The highest BCUT2D eigenvalue weighted by Gasteiger charge is 1.99. The maximum absolute atomic E-state index is 10.9. The van der Waals surface area contributed by atoms with E-state index < -0.39 is 0 Å². The number of unbranched alkanes of at least 4 members (excludes halogenated alkanes) is 1. The lowest BCUT2D eigenvalue weighted by atomic mass is 10.3. The fourth-order valence-corrected chi connectivity index (χ4v) is 0.706. The molecule has 68 valence electrons. The number of nitrogens with one attached hydrogen (secondary N) is 2. The van der Waals surface area contributed by atoms with Gasteiger partial charge >= 0.3 is 6.03 Å². The molecule has 0 saturated heterocycles. The minimum atomic E-state index is -0.123. The molecule has 0 heterocycles. The van der Waals surface area contributed by atoms with Crippen LogP contribution in [0.1, 0.15) is 26.7 Å². The molecule has 0 spiro atoms. The Morgan fingerprint density at radius 2 is 2.25 bits per heavy atom. The minimum Gasteiger partial charge on any atom is -0.338 e. The van der Waals surface area contributed by atoms with E-state index in [0.29, 0.717) is 13.0 Å². The average Bonchev–Trinajstić information content (AvgIpc) is 1.97. The molecule has 0 radical (unpaired) electrons. The van der Waals surface area contributed by atoms with Crippen molar-refractivity contribution < 1.29 is 4.79 Å². The molecule has 0 aromatic heterocycles. The third-order valence-electron chi connectivity index (χ3n) is 1.20. The minimum absolute atomic E-state index is 0.123. The summed E-state index contributed by atoms with van der Waals surface area (Å²) in [4.78, 5) is 10.9. The Kier molecular flexibility index (Phi) is 5.90. The van der Waals surface area contributed by atoms with E-state index in [2.05, 4.69) is 16.6 Å². The molecule has 0 atom stereocenters. The molecule has 3 heteroatoms. The first-order valence-corrected chi connectivity index (χ1v) is 4.14. The van der Waals surface area contributed by atoms with Crippen molar-refractivity contribution >= 4 is 6.03 Å². The fourth-order valence-electron chi connectivity index (χ4n) is 0.706. The first-order valence-electron chi connectivity index (χ1n) is 4.14. The maximum Gasteiger partial charge on any atom is 0.314 e. The third kappa shape index (κ3) is 6.94. The molecule has 0 aliphatic carbocycles. The summed E-state index contributed by atoms with van der Waals surface area (Å²) < 4.78 is 0. The molecule has 0 saturated carbocycles. The van der Waals surface area contributed by atoms with Crippen molar-refractivity contribution in [2.45, 2.75) is 32.7 Å². The number of carbonyl (C=O) groups is 1. The van der Waals surface area contributed by atoms with Gasteiger partial charge in [0, 0.05) is 19.0 Å². The van der Waals surface area contributed by atoms with Crippen molar-refractivity contribution in [1.82, 2.24) is 10.6 Å². The van der Waals surface area contributed by atoms with Gasteiger partial charge in [-0.3, -0.25) is 0 Å². The second kappa shape index (κ2) is 6.53. The fraction of sp³-hybridized carbons (Fsp3) is 0.667. The van der Waals surface area contributed by atoms with Gasteiger partial charge in [0.2, 0.25) is 0 Å². The molecule has 12 heavy (non-hydrogen) atoms. The summed E-state index contributed by atoms with van der Waals surface area (Å²) in [5.41, 5.74) is 0. The summed E-state index contributed by atoms with van der Waals surface area (Å²) in [6.45, 7) is 4.48. The van der Waals surface area contributed by atoms with Gasteiger partial charge in [0.05, 0.1) is 0 Å². The van der Waals surface area contributed by atoms with Gasteiger partial charge in [0.25, 0.3) is 0 Å². The third-order valence-corrected chi connectivity index (χ3v) is 1.20. The van der Waals surface area contributed by atoms with E-state index in [0.717, 1.165) is 6.42 Å². The highest BCUT2D eigenvalue weighted by Crippen LogP contribution is 1.83. The standard InChI is InChI=1S/C9H16N2O/c1-4-5-6-7-10-9(12)11-8(2)3/h1,8H,5-7H2,2-3H3,(H2,10,11,12). The smallest absolute Gasteiger partial charge is 0.314 e. The number of amides is 2. The predicted molar refractivity (Wildman–Crippen MR) is 49.7 cm³/mol. The van der Waals surface area contributed by atoms with Crippen LogP contribution in [0, 0.1) is 12.3 Å². The molecular weight excluding hydrogens is 152 g/mol. The van der Waals surface area contributed by atoms with Gasteiger partial charge in [-0.1, -0.05) is 0 Å². The van der Waals surface area contributed by atoms with Crippen molar-refractivity contribution in [1.29, 1.82) is 0 Å². The van der Waals surface area contributed by atoms with Crippen LogP contribution in [0.5, 0.6) is 0 Å². The summed E-state index contributed by atoms with van der Waals surface area (Å²) in [5, 5.41) is 5.42. The lowest BCUT2D eigenvalue weighted by molar-refractivity contribution is 0.238. The molecule has 0 aliphatic heterocycles. The number of urea groups is 1. The van der Waals surface area contributed by atoms with E-state index in [1.165, 1.54) is 0 Å². The van der Waals surface area contributed by atoms with Crippen LogP contribution < -0.4 is 10.6 Å². The van der Waals surface area contributed by atoms with Crippen LogP contribution in [0.4, 0.5) is 4.79 Å². The van der Waals surface area contributed by atoms with Crippen molar-refractivity contribution in [2.75, 3.05) is 6.54 Å². The molecular formula is C9H16N2O. The van der Waals surface area contributed by atoms with Crippen molar-refractivity contribution in [3.63, 3.8) is 0 Å². The van der Waals surface area contributed by atoms with Crippen molar-refractivity contribution in [3.05, 3.63) is 0 Å². The predicted octanol–water partition coefficient (Wildman–Crippen LogP) is 1.11. The quantitative estimate of drug-likeness (QED) is 0.479. The molecule has 0 rings (SSSR count). The molecule has 2 amide bonds. The number of rotatable bonds is 4. The second-order valence-electron chi connectivity index (χ2n) is 2.86.